The predicted octanol–water partition coefficient (Wildman–Crippen LogP) is 2.64. The van der Waals surface area contributed by atoms with E-state index in [1.54, 1.807) is 17.9 Å². The summed E-state index contributed by atoms with van der Waals surface area (Å²) in [6, 6.07) is 4.67. The first kappa shape index (κ1) is 21.0. The van der Waals surface area contributed by atoms with Crippen LogP contribution in [0.5, 0.6) is 0 Å². The monoisotopic (exact) mass is 431 g/mol. The molecule has 4 rings (SSSR count). The minimum absolute atomic E-state index is 0.00984. The molecule has 2 fully saturated rings. The standard InChI is InChI=1S/C22H23F2N3O4/c1-13-6-9-31-20(13)21(29)25-16-4-7-26(8-5-16)22(30)14-10-19(28)27(12-14)18-3-2-15(23)11-17(18)24/h2-3,6,9,11,14,16H,4-5,7-8,10,12H2,1H3,(H,25,29). The van der Waals surface area contributed by atoms with Crippen LogP contribution in [0.1, 0.15) is 35.4 Å². The number of amides is 3. The highest BCUT2D eigenvalue weighted by molar-refractivity contribution is 6.00. The Labute approximate surface area is 178 Å². The third-order valence-electron chi connectivity index (χ3n) is 5.88. The average Bonchev–Trinajstić information content (AvgIpc) is 3.34. The maximum atomic E-state index is 14.1. The second kappa shape index (κ2) is 8.49. The molecule has 1 N–H and O–H groups in total. The molecule has 3 heterocycles. The number of anilines is 1. The van der Waals surface area contributed by atoms with Gasteiger partial charge in [0.1, 0.15) is 11.6 Å². The first-order valence-electron chi connectivity index (χ1n) is 10.2. The molecule has 1 aromatic heterocycles. The average molecular weight is 431 g/mol. The van der Waals surface area contributed by atoms with Gasteiger partial charge in [-0.15, -0.1) is 0 Å². The third-order valence-corrected chi connectivity index (χ3v) is 5.88. The van der Waals surface area contributed by atoms with Crippen LogP contribution in [-0.2, 0) is 9.59 Å². The predicted molar refractivity (Wildman–Crippen MR) is 107 cm³/mol. The van der Waals surface area contributed by atoms with E-state index in [-0.39, 0.29) is 48.2 Å². The Morgan fingerprint density at radius 1 is 1.16 bits per heavy atom. The lowest BCUT2D eigenvalue weighted by atomic mass is 10.0. The van der Waals surface area contributed by atoms with Crippen molar-refractivity contribution in [3.63, 3.8) is 0 Å². The van der Waals surface area contributed by atoms with E-state index in [0.717, 1.165) is 17.7 Å². The normalized spacial score (nSPS) is 19.7. The van der Waals surface area contributed by atoms with Crippen molar-refractivity contribution >= 4 is 23.4 Å². The van der Waals surface area contributed by atoms with E-state index in [4.69, 9.17) is 4.42 Å². The minimum Gasteiger partial charge on any atom is -0.459 e. The highest BCUT2D eigenvalue weighted by Crippen LogP contribution is 2.29. The molecule has 1 atom stereocenters. The summed E-state index contributed by atoms with van der Waals surface area (Å²) in [5.74, 6) is -2.64. The Bertz CT molecular complexity index is 1010. The quantitative estimate of drug-likeness (QED) is 0.807. The number of nitrogens with one attached hydrogen (secondary N) is 1. The van der Waals surface area contributed by atoms with Crippen LogP contribution in [0.2, 0.25) is 0 Å². The van der Waals surface area contributed by atoms with Crippen molar-refractivity contribution in [3.05, 3.63) is 53.5 Å². The summed E-state index contributed by atoms with van der Waals surface area (Å²) >= 11 is 0. The van der Waals surface area contributed by atoms with Crippen molar-refractivity contribution in [1.82, 2.24) is 10.2 Å². The number of aryl methyl sites for hydroxylation is 1. The SMILES string of the molecule is Cc1ccoc1C(=O)NC1CCN(C(=O)C2CC(=O)N(c3ccc(F)cc3F)C2)CC1. The number of hydrogen-bond donors (Lipinski definition) is 1. The highest BCUT2D eigenvalue weighted by atomic mass is 19.1. The molecule has 2 aliphatic heterocycles. The Hall–Kier alpha value is -3.23. The lowest BCUT2D eigenvalue weighted by Crippen LogP contribution is -2.48. The largest absolute Gasteiger partial charge is 0.459 e. The van der Waals surface area contributed by atoms with E-state index in [2.05, 4.69) is 5.32 Å². The van der Waals surface area contributed by atoms with E-state index in [9.17, 15) is 23.2 Å². The van der Waals surface area contributed by atoms with Crippen molar-refractivity contribution < 1.29 is 27.6 Å². The molecule has 0 bridgehead atoms. The molecule has 2 aliphatic rings. The molecular weight excluding hydrogens is 408 g/mol. The number of furan rings is 1. The van der Waals surface area contributed by atoms with E-state index in [1.807, 2.05) is 0 Å². The molecule has 1 unspecified atom stereocenters. The minimum atomic E-state index is -0.829. The maximum Gasteiger partial charge on any atom is 0.287 e. The van der Waals surface area contributed by atoms with Gasteiger partial charge in [-0.1, -0.05) is 0 Å². The van der Waals surface area contributed by atoms with Gasteiger partial charge in [0.05, 0.1) is 17.9 Å². The number of rotatable bonds is 4. The topological polar surface area (TPSA) is 82.9 Å². The Morgan fingerprint density at radius 3 is 2.55 bits per heavy atom. The highest BCUT2D eigenvalue weighted by Gasteiger charge is 2.39. The summed E-state index contributed by atoms with van der Waals surface area (Å²) in [7, 11) is 0. The second-order valence-corrected chi connectivity index (χ2v) is 8.01. The number of halogens is 2. The van der Waals surface area contributed by atoms with Crippen molar-refractivity contribution in [3.8, 4) is 0 Å². The van der Waals surface area contributed by atoms with Crippen LogP contribution in [0.15, 0.2) is 34.9 Å². The molecular formula is C22H23F2N3O4. The van der Waals surface area contributed by atoms with E-state index in [0.29, 0.717) is 25.9 Å². The molecule has 1 aromatic carbocycles. The van der Waals surface area contributed by atoms with Gasteiger partial charge in [0.2, 0.25) is 11.8 Å². The number of benzene rings is 1. The number of carbonyl (C=O) groups is 3. The van der Waals surface area contributed by atoms with Gasteiger partial charge in [0, 0.05) is 43.7 Å². The van der Waals surface area contributed by atoms with Gasteiger partial charge < -0.3 is 19.5 Å². The molecule has 7 nitrogen and oxygen atoms in total. The molecule has 3 amide bonds. The van der Waals surface area contributed by atoms with Gasteiger partial charge in [-0.2, -0.15) is 0 Å². The summed E-state index contributed by atoms with van der Waals surface area (Å²) in [6.07, 6.45) is 2.64. The molecule has 0 aliphatic carbocycles. The zero-order valence-electron chi connectivity index (χ0n) is 17.1. The molecule has 31 heavy (non-hydrogen) atoms. The van der Waals surface area contributed by atoms with Crippen LogP contribution in [0.4, 0.5) is 14.5 Å². The van der Waals surface area contributed by atoms with Crippen LogP contribution in [-0.4, -0.2) is 48.3 Å². The second-order valence-electron chi connectivity index (χ2n) is 8.01. The van der Waals surface area contributed by atoms with Crippen LogP contribution in [0, 0.1) is 24.5 Å². The summed E-state index contributed by atoms with van der Waals surface area (Å²) in [6.45, 7) is 2.77. The smallest absolute Gasteiger partial charge is 0.287 e. The number of carbonyl (C=O) groups excluding carboxylic acids is 3. The molecule has 164 valence electrons. The van der Waals surface area contributed by atoms with Gasteiger partial charge in [0.15, 0.2) is 5.76 Å². The number of likely N-dealkylation sites (tertiary alicyclic amines) is 1. The summed E-state index contributed by atoms with van der Waals surface area (Å²) in [5.41, 5.74) is 0.745. The molecule has 2 aromatic rings. The molecule has 9 heteroatoms. The van der Waals surface area contributed by atoms with Crippen LogP contribution < -0.4 is 10.2 Å². The summed E-state index contributed by atoms with van der Waals surface area (Å²) in [5, 5.41) is 2.93. The van der Waals surface area contributed by atoms with Crippen molar-refractivity contribution in [1.29, 1.82) is 0 Å². The van der Waals surface area contributed by atoms with Crippen LogP contribution in [0.3, 0.4) is 0 Å². The molecule has 0 radical (unpaired) electrons. The lowest BCUT2D eigenvalue weighted by Gasteiger charge is -2.33. The fourth-order valence-corrected chi connectivity index (χ4v) is 4.16. The van der Waals surface area contributed by atoms with E-state index < -0.39 is 17.6 Å². The van der Waals surface area contributed by atoms with Crippen LogP contribution in [0.25, 0.3) is 0 Å². The van der Waals surface area contributed by atoms with E-state index >= 15 is 0 Å². The van der Waals surface area contributed by atoms with Gasteiger partial charge in [-0.25, -0.2) is 8.78 Å². The summed E-state index contributed by atoms with van der Waals surface area (Å²) in [4.78, 5) is 40.5. The number of hydrogen-bond acceptors (Lipinski definition) is 4. The fourth-order valence-electron chi connectivity index (χ4n) is 4.16. The maximum absolute atomic E-state index is 14.1. The van der Waals surface area contributed by atoms with E-state index in [1.165, 1.54) is 17.2 Å². The van der Waals surface area contributed by atoms with Gasteiger partial charge in [0.25, 0.3) is 5.91 Å². The Balaban J connectivity index is 1.32. The van der Waals surface area contributed by atoms with Gasteiger partial charge in [-0.05, 0) is 38.0 Å². The Morgan fingerprint density at radius 2 is 1.90 bits per heavy atom. The zero-order chi connectivity index (χ0) is 22.1. The van der Waals surface area contributed by atoms with Crippen molar-refractivity contribution in [2.75, 3.05) is 24.5 Å². The molecule has 2 saturated heterocycles. The summed E-state index contributed by atoms with van der Waals surface area (Å²) < 4.78 is 32.4. The number of piperidine rings is 1. The van der Waals surface area contributed by atoms with Crippen LogP contribution >= 0.6 is 0 Å². The first-order valence-corrected chi connectivity index (χ1v) is 10.2. The molecule has 0 saturated carbocycles. The number of nitrogens with zero attached hydrogens (tertiary/aromatic N) is 2. The van der Waals surface area contributed by atoms with Gasteiger partial charge >= 0.3 is 0 Å². The Kier molecular flexibility index (Phi) is 5.75. The fraction of sp³-hybridized carbons (Fsp3) is 0.409. The first-order chi connectivity index (χ1) is 14.8. The van der Waals surface area contributed by atoms with Crippen molar-refractivity contribution in [2.24, 2.45) is 5.92 Å². The van der Waals surface area contributed by atoms with Gasteiger partial charge in [-0.3, -0.25) is 14.4 Å². The zero-order valence-corrected chi connectivity index (χ0v) is 17.1. The van der Waals surface area contributed by atoms with Crippen molar-refractivity contribution in [2.45, 2.75) is 32.2 Å². The third kappa shape index (κ3) is 4.30. The molecule has 0 spiro atoms. The lowest BCUT2D eigenvalue weighted by molar-refractivity contribution is -0.136.